The third-order valence-electron chi connectivity index (χ3n) is 2.58. The largest absolute Gasteiger partial charge is 0.401 e. The van der Waals surface area contributed by atoms with E-state index < -0.39 is 24.5 Å². The fourth-order valence-electron chi connectivity index (χ4n) is 1.72. The normalized spacial score (nSPS) is 14.8. The number of nitrogens with one attached hydrogen (secondary N) is 1. The van der Waals surface area contributed by atoms with E-state index in [0.29, 0.717) is 5.06 Å². The molecular formula is C12H11F3N2O3. The van der Waals surface area contributed by atoms with Crippen molar-refractivity contribution >= 4 is 11.8 Å². The molecule has 1 aliphatic heterocycles. The molecule has 2 amide bonds. The van der Waals surface area contributed by atoms with Crippen molar-refractivity contribution in [1.82, 2.24) is 10.4 Å². The number of fused-ring (bicyclic) bond motifs is 1. The minimum absolute atomic E-state index is 0.132. The highest BCUT2D eigenvalue weighted by atomic mass is 19.4. The Morgan fingerprint density at radius 2 is 1.65 bits per heavy atom. The van der Waals surface area contributed by atoms with Gasteiger partial charge in [0.15, 0.2) is 0 Å². The van der Waals surface area contributed by atoms with Crippen LogP contribution in [-0.4, -0.2) is 42.8 Å². The lowest BCUT2D eigenvalue weighted by molar-refractivity contribution is -0.127. The standard InChI is InChI=1S/C12H11F3N2O3/c13-12(14,15)7-16-5-6-20-17-10(18)8-3-1-2-4-9(8)11(17)19/h1-4,16H,5-7H2. The molecule has 1 aromatic carbocycles. The Morgan fingerprint density at radius 1 is 1.10 bits per heavy atom. The number of amides is 2. The average molecular weight is 288 g/mol. The van der Waals surface area contributed by atoms with E-state index in [-0.39, 0.29) is 24.3 Å². The smallest absolute Gasteiger partial charge is 0.306 e. The van der Waals surface area contributed by atoms with Crippen molar-refractivity contribution in [1.29, 1.82) is 0 Å². The maximum atomic E-state index is 11.9. The molecule has 0 atom stereocenters. The van der Waals surface area contributed by atoms with E-state index in [1.54, 1.807) is 12.1 Å². The summed E-state index contributed by atoms with van der Waals surface area (Å²) in [6.07, 6.45) is -4.31. The molecule has 2 rings (SSSR count). The van der Waals surface area contributed by atoms with Crippen LogP contribution in [0.3, 0.4) is 0 Å². The lowest BCUT2D eigenvalue weighted by Gasteiger charge is -2.14. The molecule has 1 aliphatic rings. The molecule has 1 N–H and O–H groups in total. The second-order valence-electron chi connectivity index (χ2n) is 4.08. The van der Waals surface area contributed by atoms with Gasteiger partial charge in [0.2, 0.25) is 0 Å². The minimum atomic E-state index is -4.31. The molecule has 0 radical (unpaired) electrons. The molecule has 0 spiro atoms. The summed E-state index contributed by atoms with van der Waals surface area (Å²) < 4.78 is 35.6. The number of benzene rings is 1. The number of alkyl halides is 3. The molecule has 108 valence electrons. The summed E-state index contributed by atoms with van der Waals surface area (Å²) in [6, 6.07) is 6.19. The van der Waals surface area contributed by atoms with Gasteiger partial charge < -0.3 is 5.32 Å². The van der Waals surface area contributed by atoms with Crippen LogP contribution in [0.4, 0.5) is 13.2 Å². The van der Waals surface area contributed by atoms with Gasteiger partial charge in [-0.25, -0.2) is 0 Å². The first-order valence-corrected chi connectivity index (χ1v) is 5.78. The lowest BCUT2D eigenvalue weighted by Crippen LogP contribution is -2.35. The third-order valence-corrected chi connectivity index (χ3v) is 2.58. The topological polar surface area (TPSA) is 58.6 Å². The molecular weight excluding hydrogens is 277 g/mol. The molecule has 0 aliphatic carbocycles. The summed E-state index contributed by atoms with van der Waals surface area (Å²) in [6.45, 7) is -1.51. The van der Waals surface area contributed by atoms with Gasteiger partial charge in [-0.15, -0.1) is 5.06 Å². The van der Waals surface area contributed by atoms with Gasteiger partial charge in [-0.2, -0.15) is 13.2 Å². The summed E-state index contributed by atoms with van der Waals surface area (Å²) >= 11 is 0. The van der Waals surface area contributed by atoms with E-state index in [1.165, 1.54) is 12.1 Å². The Hall–Kier alpha value is -1.93. The van der Waals surface area contributed by atoms with E-state index in [9.17, 15) is 22.8 Å². The number of carbonyl (C=O) groups is 2. The molecule has 5 nitrogen and oxygen atoms in total. The van der Waals surface area contributed by atoms with E-state index in [2.05, 4.69) is 5.32 Å². The number of hydrogen-bond donors (Lipinski definition) is 1. The highest BCUT2D eigenvalue weighted by Gasteiger charge is 2.36. The van der Waals surface area contributed by atoms with Crippen LogP contribution < -0.4 is 5.32 Å². The fourth-order valence-corrected chi connectivity index (χ4v) is 1.72. The van der Waals surface area contributed by atoms with Gasteiger partial charge >= 0.3 is 6.18 Å². The SMILES string of the molecule is O=C1c2ccccc2C(=O)N1OCCNCC(F)(F)F. The highest BCUT2D eigenvalue weighted by molar-refractivity contribution is 6.20. The fraction of sp³-hybridized carbons (Fsp3) is 0.333. The Morgan fingerprint density at radius 3 is 2.15 bits per heavy atom. The first-order valence-electron chi connectivity index (χ1n) is 5.78. The highest BCUT2D eigenvalue weighted by Crippen LogP contribution is 2.22. The lowest BCUT2D eigenvalue weighted by atomic mass is 10.1. The van der Waals surface area contributed by atoms with Crippen molar-refractivity contribution in [3.63, 3.8) is 0 Å². The van der Waals surface area contributed by atoms with Crippen LogP contribution in [0.15, 0.2) is 24.3 Å². The Bertz CT molecular complexity index is 496. The summed E-state index contributed by atoms with van der Waals surface area (Å²) in [5, 5.41) is 2.67. The van der Waals surface area contributed by atoms with Crippen LogP contribution >= 0.6 is 0 Å². The van der Waals surface area contributed by atoms with Crippen molar-refractivity contribution < 1.29 is 27.6 Å². The predicted molar refractivity (Wildman–Crippen MR) is 61.8 cm³/mol. The molecule has 1 aromatic rings. The number of halogens is 3. The quantitative estimate of drug-likeness (QED) is 0.656. The van der Waals surface area contributed by atoms with E-state index >= 15 is 0 Å². The van der Waals surface area contributed by atoms with Crippen molar-refractivity contribution in [2.75, 3.05) is 19.7 Å². The van der Waals surface area contributed by atoms with Crippen molar-refractivity contribution in [3.05, 3.63) is 35.4 Å². The number of carbonyl (C=O) groups excluding carboxylic acids is 2. The third kappa shape index (κ3) is 3.14. The molecule has 0 fully saturated rings. The van der Waals surface area contributed by atoms with Crippen LogP contribution in [0.25, 0.3) is 0 Å². The summed E-state index contributed by atoms with van der Waals surface area (Å²) in [5.41, 5.74) is 0.446. The first kappa shape index (κ1) is 14.5. The molecule has 20 heavy (non-hydrogen) atoms. The second kappa shape index (κ2) is 5.59. The molecule has 0 bridgehead atoms. The van der Waals surface area contributed by atoms with Gasteiger partial charge in [0.1, 0.15) is 0 Å². The predicted octanol–water partition coefficient (Wildman–Crippen LogP) is 1.37. The Balaban J connectivity index is 1.84. The maximum Gasteiger partial charge on any atom is 0.401 e. The van der Waals surface area contributed by atoms with Crippen LogP contribution in [0.2, 0.25) is 0 Å². The van der Waals surface area contributed by atoms with Crippen LogP contribution in [0, 0.1) is 0 Å². The van der Waals surface area contributed by atoms with Crippen molar-refractivity contribution in [3.8, 4) is 0 Å². The molecule has 0 saturated heterocycles. The molecule has 0 saturated carbocycles. The van der Waals surface area contributed by atoms with Crippen LogP contribution in [0.5, 0.6) is 0 Å². The van der Waals surface area contributed by atoms with Crippen LogP contribution in [0.1, 0.15) is 20.7 Å². The number of rotatable bonds is 5. The maximum absolute atomic E-state index is 11.9. The molecule has 0 unspecified atom stereocenters. The number of hydroxylamine groups is 2. The number of imide groups is 1. The van der Waals surface area contributed by atoms with Crippen molar-refractivity contribution in [2.24, 2.45) is 0 Å². The Labute approximate surface area is 112 Å². The average Bonchev–Trinajstić information content (AvgIpc) is 2.62. The van der Waals surface area contributed by atoms with Crippen LogP contribution in [-0.2, 0) is 4.84 Å². The first-order chi connectivity index (χ1) is 9.40. The van der Waals surface area contributed by atoms with Gasteiger partial charge in [-0.05, 0) is 12.1 Å². The Kier molecular flexibility index (Phi) is 4.05. The van der Waals surface area contributed by atoms with Gasteiger partial charge in [0.25, 0.3) is 11.8 Å². The second-order valence-corrected chi connectivity index (χ2v) is 4.08. The van der Waals surface area contributed by atoms with Gasteiger partial charge in [0.05, 0.1) is 24.3 Å². The molecule has 1 heterocycles. The van der Waals surface area contributed by atoms with Crippen molar-refractivity contribution in [2.45, 2.75) is 6.18 Å². The number of nitrogens with zero attached hydrogens (tertiary/aromatic N) is 1. The van der Waals surface area contributed by atoms with E-state index in [0.717, 1.165) is 0 Å². The van der Waals surface area contributed by atoms with Gasteiger partial charge in [-0.1, -0.05) is 12.1 Å². The number of hydrogen-bond acceptors (Lipinski definition) is 4. The molecule has 0 aromatic heterocycles. The van der Waals surface area contributed by atoms with E-state index in [4.69, 9.17) is 4.84 Å². The summed E-state index contributed by atoms with van der Waals surface area (Å²) in [5.74, 6) is -1.22. The van der Waals surface area contributed by atoms with Gasteiger partial charge in [0, 0.05) is 6.54 Å². The monoisotopic (exact) mass is 288 g/mol. The zero-order valence-corrected chi connectivity index (χ0v) is 10.2. The van der Waals surface area contributed by atoms with Gasteiger partial charge in [-0.3, -0.25) is 14.4 Å². The van der Waals surface area contributed by atoms with E-state index in [1.807, 2.05) is 0 Å². The summed E-state index contributed by atoms with van der Waals surface area (Å²) in [4.78, 5) is 28.5. The summed E-state index contributed by atoms with van der Waals surface area (Å²) in [7, 11) is 0. The zero-order valence-electron chi connectivity index (χ0n) is 10.2. The molecule has 8 heteroatoms. The minimum Gasteiger partial charge on any atom is -0.306 e. The zero-order chi connectivity index (χ0) is 14.8.